The number of carbonyl (C=O) groups is 1. The number of hydrogen-bond acceptors (Lipinski definition) is 5. The van der Waals surface area contributed by atoms with Crippen molar-refractivity contribution in [3.05, 3.63) is 78.2 Å². The van der Waals surface area contributed by atoms with Crippen molar-refractivity contribution in [1.82, 2.24) is 19.6 Å². The average Bonchev–Trinajstić information content (AvgIpc) is 3.34. The Morgan fingerprint density at radius 2 is 1.76 bits per heavy atom. The van der Waals surface area contributed by atoms with E-state index in [2.05, 4.69) is 15.3 Å². The second-order valence-electron chi connectivity index (χ2n) is 7.77. The summed E-state index contributed by atoms with van der Waals surface area (Å²) in [5, 5.41) is 2.72. The number of carbonyl (C=O) groups excluding carboxylic acids is 1. The van der Waals surface area contributed by atoms with Crippen LogP contribution in [0.15, 0.2) is 71.9 Å². The number of sulfonamides is 1. The first-order valence-electron chi connectivity index (χ1n) is 10.5. The number of aromatic nitrogens is 2. The number of rotatable bonds is 6. The molecule has 34 heavy (non-hydrogen) atoms. The molecule has 1 aromatic heterocycles. The molecule has 2 aromatic carbocycles. The lowest BCUT2D eigenvalue weighted by Gasteiger charge is -2.23. The molecule has 1 fully saturated rings. The van der Waals surface area contributed by atoms with E-state index in [9.17, 15) is 26.4 Å². The minimum atomic E-state index is -4.43. The van der Waals surface area contributed by atoms with Gasteiger partial charge in [0.1, 0.15) is 12.4 Å². The first-order valence-corrected chi connectivity index (χ1v) is 11.9. The van der Waals surface area contributed by atoms with Crippen LogP contribution in [0.4, 0.5) is 13.2 Å². The highest BCUT2D eigenvalue weighted by Gasteiger charge is 2.39. The van der Waals surface area contributed by atoms with Gasteiger partial charge in [0.2, 0.25) is 15.9 Å². The topological polar surface area (TPSA) is 92.3 Å². The molecule has 3 aromatic rings. The lowest BCUT2D eigenvalue weighted by Crippen LogP contribution is -2.45. The summed E-state index contributed by atoms with van der Waals surface area (Å²) in [4.78, 5) is 21.1. The zero-order valence-electron chi connectivity index (χ0n) is 17.9. The Labute approximate surface area is 194 Å². The van der Waals surface area contributed by atoms with E-state index in [-0.39, 0.29) is 18.0 Å². The number of alkyl halides is 3. The Kier molecular flexibility index (Phi) is 6.67. The van der Waals surface area contributed by atoms with Gasteiger partial charge in [0, 0.05) is 12.1 Å². The lowest BCUT2D eigenvalue weighted by molar-refractivity contribution is -0.137. The molecule has 7 nitrogen and oxygen atoms in total. The Balaban J connectivity index is 1.44. The van der Waals surface area contributed by atoms with Gasteiger partial charge in [-0.15, -0.1) is 0 Å². The minimum Gasteiger partial charge on any atom is -0.349 e. The monoisotopic (exact) mass is 490 g/mol. The summed E-state index contributed by atoms with van der Waals surface area (Å²) < 4.78 is 65.5. The molecule has 11 heteroatoms. The summed E-state index contributed by atoms with van der Waals surface area (Å²) in [5.74, 6) is -0.438. The molecule has 0 saturated carbocycles. The maximum absolute atomic E-state index is 13.0. The van der Waals surface area contributed by atoms with Gasteiger partial charge in [-0.3, -0.25) is 4.79 Å². The Hall–Kier alpha value is -3.31. The molecule has 0 spiro atoms. The molecule has 0 radical (unpaired) electrons. The van der Waals surface area contributed by atoms with Crippen LogP contribution in [0, 0.1) is 0 Å². The predicted molar refractivity (Wildman–Crippen MR) is 118 cm³/mol. The summed E-state index contributed by atoms with van der Waals surface area (Å²) in [6.45, 7) is 0.269. The van der Waals surface area contributed by atoms with Crippen LogP contribution in [0.1, 0.15) is 24.1 Å². The minimum absolute atomic E-state index is 0.0186. The van der Waals surface area contributed by atoms with E-state index in [4.69, 9.17) is 0 Å². The van der Waals surface area contributed by atoms with E-state index in [0.717, 1.165) is 12.1 Å². The average molecular weight is 491 g/mol. The molecule has 1 amide bonds. The lowest BCUT2D eigenvalue weighted by atomic mass is 10.1. The van der Waals surface area contributed by atoms with Crippen molar-refractivity contribution in [3.8, 4) is 11.3 Å². The summed E-state index contributed by atoms with van der Waals surface area (Å²) in [7, 11) is -3.81. The smallest absolute Gasteiger partial charge is 0.349 e. The number of amides is 1. The highest BCUT2D eigenvalue weighted by molar-refractivity contribution is 7.89. The first-order chi connectivity index (χ1) is 16.2. The molecule has 2 heterocycles. The standard InChI is InChI=1S/C23H21F3N4O3S/c24-23(25,26)17-10-8-16(9-11-17)20-13-18(28-15-29-20)14-27-22(31)21-7-4-12-30(21)34(32,33)19-5-2-1-3-6-19/h1-3,5-6,8-11,13,15,21H,4,7,12,14H2,(H,27,31). The quantitative estimate of drug-likeness (QED) is 0.570. The highest BCUT2D eigenvalue weighted by Crippen LogP contribution is 2.31. The third-order valence-corrected chi connectivity index (χ3v) is 7.45. The van der Waals surface area contributed by atoms with Crippen LogP contribution in [-0.4, -0.2) is 41.2 Å². The molecule has 1 N–H and O–H groups in total. The van der Waals surface area contributed by atoms with Gasteiger partial charge in [-0.1, -0.05) is 30.3 Å². The van der Waals surface area contributed by atoms with Crippen molar-refractivity contribution < 1.29 is 26.4 Å². The van der Waals surface area contributed by atoms with Crippen LogP contribution in [0.3, 0.4) is 0 Å². The fourth-order valence-electron chi connectivity index (χ4n) is 3.80. The fourth-order valence-corrected chi connectivity index (χ4v) is 5.47. The summed E-state index contributed by atoms with van der Waals surface area (Å²) in [5.41, 5.74) is 0.555. The number of hydrogen-bond donors (Lipinski definition) is 1. The van der Waals surface area contributed by atoms with E-state index in [0.29, 0.717) is 29.8 Å². The van der Waals surface area contributed by atoms with Gasteiger partial charge in [0.05, 0.1) is 28.4 Å². The molecule has 1 aliphatic heterocycles. The molecular weight excluding hydrogens is 469 g/mol. The van der Waals surface area contributed by atoms with Crippen LogP contribution in [0.2, 0.25) is 0 Å². The maximum Gasteiger partial charge on any atom is 0.416 e. The Bertz CT molecular complexity index is 1270. The molecule has 178 valence electrons. The Morgan fingerprint density at radius 1 is 1.06 bits per heavy atom. The van der Waals surface area contributed by atoms with E-state index in [1.165, 1.54) is 34.9 Å². The molecule has 4 rings (SSSR count). The first kappa shape index (κ1) is 23.8. The van der Waals surface area contributed by atoms with Crippen LogP contribution in [-0.2, 0) is 27.5 Å². The third-order valence-electron chi connectivity index (χ3n) is 5.53. The molecule has 1 atom stereocenters. The van der Waals surface area contributed by atoms with Crippen molar-refractivity contribution in [2.24, 2.45) is 0 Å². The van der Waals surface area contributed by atoms with E-state index >= 15 is 0 Å². The third kappa shape index (κ3) is 5.10. The van der Waals surface area contributed by atoms with Crippen molar-refractivity contribution in [2.75, 3.05) is 6.54 Å². The molecule has 0 bridgehead atoms. The fraction of sp³-hybridized carbons (Fsp3) is 0.261. The van der Waals surface area contributed by atoms with Gasteiger partial charge in [-0.05, 0) is 43.2 Å². The summed E-state index contributed by atoms with van der Waals surface area (Å²) in [6.07, 6.45) is -2.20. The van der Waals surface area contributed by atoms with Gasteiger partial charge in [0.15, 0.2) is 0 Å². The largest absolute Gasteiger partial charge is 0.416 e. The predicted octanol–water partition coefficient (Wildman–Crippen LogP) is 3.63. The second kappa shape index (κ2) is 9.51. The van der Waals surface area contributed by atoms with Crippen LogP contribution in [0.5, 0.6) is 0 Å². The summed E-state index contributed by atoms with van der Waals surface area (Å²) in [6, 6.07) is 13.3. The van der Waals surface area contributed by atoms with Crippen LogP contribution < -0.4 is 5.32 Å². The number of nitrogens with zero attached hydrogens (tertiary/aromatic N) is 3. The van der Waals surface area contributed by atoms with Crippen molar-refractivity contribution >= 4 is 15.9 Å². The molecule has 1 saturated heterocycles. The van der Waals surface area contributed by atoms with Gasteiger partial charge >= 0.3 is 6.18 Å². The van der Waals surface area contributed by atoms with Gasteiger partial charge in [-0.2, -0.15) is 17.5 Å². The van der Waals surface area contributed by atoms with Gasteiger partial charge in [0.25, 0.3) is 0 Å². The molecule has 1 aliphatic rings. The van der Waals surface area contributed by atoms with Crippen LogP contribution >= 0.6 is 0 Å². The number of benzene rings is 2. The molecule has 0 aliphatic carbocycles. The maximum atomic E-state index is 13.0. The van der Waals surface area contributed by atoms with Crippen molar-refractivity contribution in [1.29, 1.82) is 0 Å². The van der Waals surface area contributed by atoms with Gasteiger partial charge < -0.3 is 5.32 Å². The Morgan fingerprint density at radius 3 is 2.44 bits per heavy atom. The zero-order valence-corrected chi connectivity index (χ0v) is 18.7. The van der Waals surface area contributed by atoms with Gasteiger partial charge in [-0.25, -0.2) is 18.4 Å². The SMILES string of the molecule is O=C(NCc1cc(-c2ccc(C(F)(F)F)cc2)ncn1)C1CCCN1S(=O)(=O)c1ccccc1. The van der Waals surface area contributed by atoms with Crippen molar-refractivity contribution in [3.63, 3.8) is 0 Å². The van der Waals surface area contributed by atoms with E-state index < -0.39 is 33.7 Å². The molecule has 1 unspecified atom stereocenters. The second-order valence-corrected chi connectivity index (χ2v) is 9.66. The molecular formula is C23H21F3N4O3S. The normalized spacial score (nSPS) is 17.0. The number of halogens is 3. The highest BCUT2D eigenvalue weighted by atomic mass is 32.2. The van der Waals surface area contributed by atoms with E-state index in [1.54, 1.807) is 24.3 Å². The number of nitrogens with one attached hydrogen (secondary N) is 1. The summed E-state index contributed by atoms with van der Waals surface area (Å²) >= 11 is 0. The van der Waals surface area contributed by atoms with Crippen molar-refractivity contribution in [2.45, 2.75) is 36.5 Å². The van der Waals surface area contributed by atoms with E-state index in [1.807, 2.05) is 0 Å². The zero-order chi connectivity index (χ0) is 24.3. The van der Waals surface area contributed by atoms with Crippen LogP contribution in [0.25, 0.3) is 11.3 Å².